The molecule has 0 saturated heterocycles. The Morgan fingerprint density at radius 3 is 1.21 bits per heavy atom. The summed E-state index contributed by atoms with van der Waals surface area (Å²) in [7, 11) is 0. The van der Waals surface area contributed by atoms with Crippen molar-refractivity contribution in [3.63, 3.8) is 0 Å². The second-order valence-corrected chi connectivity index (χ2v) is 10.6. The van der Waals surface area contributed by atoms with E-state index in [0.717, 1.165) is 5.33 Å². The summed E-state index contributed by atoms with van der Waals surface area (Å²) in [5.74, 6) is 0. The maximum atomic E-state index is 3.81. The molecule has 0 N–H and O–H groups in total. The largest absolute Gasteiger partial charge is 0.153 e. The average Bonchev–Trinajstić information content (AvgIpc) is 2.81. The van der Waals surface area contributed by atoms with Gasteiger partial charge in [0.1, 0.15) is 0 Å². The van der Waals surface area contributed by atoms with E-state index in [1.807, 2.05) is 0 Å². The second kappa shape index (κ2) is 23.9. The van der Waals surface area contributed by atoms with E-state index in [4.69, 9.17) is 0 Å². The molecule has 1 rings (SSSR count). The SMILES string of the molecule is CCCCCCCCc1ccc(CBr)c(CCCCCCCC)c1CCCCCCCC.P. The smallest absolute Gasteiger partial charge is 0.0285 e. The van der Waals surface area contributed by atoms with E-state index >= 15 is 0 Å². The van der Waals surface area contributed by atoms with Crippen molar-refractivity contribution >= 4 is 25.8 Å². The molecule has 0 spiro atoms. The molecule has 33 heavy (non-hydrogen) atoms. The molecule has 0 nitrogen and oxygen atoms in total. The highest BCUT2D eigenvalue weighted by atomic mass is 79.9. The summed E-state index contributed by atoms with van der Waals surface area (Å²) >= 11 is 3.81. The molecule has 0 fully saturated rings. The van der Waals surface area contributed by atoms with Gasteiger partial charge in [-0.3, -0.25) is 0 Å². The van der Waals surface area contributed by atoms with Crippen molar-refractivity contribution in [1.82, 2.24) is 0 Å². The highest BCUT2D eigenvalue weighted by Crippen LogP contribution is 2.28. The maximum absolute atomic E-state index is 3.81. The Morgan fingerprint density at radius 1 is 0.455 bits per heavy atom. The minimum atomic E-state index is 0. The van der Waals surface area contributed by atoms with Crippen LogP contribution in [-0.4, -0.2) is 0 Å². The molecule has 1 unspecified atom stereocenters. The number of hydrogen-bond acceptors (Lipinski definition) is 0. The Bertz CT molecular complexity index is 554. The zero-order chi connectivity index (χ0) is 23.3. The van der Waals surface area contributed by atoms with E-state index in [9.17, 15) is 0 Å². The third-order valence-electron chi connectivity index (χ3n) is 7.13. The Labute approximate surface area is 220 Å². The van der Waals surface area contributed by atoms with Crippen molar-refractivity contribution in [2.75, 3.05) is 0 Å². The van der Waals surface area contributed by atoms with E-state index in [2.05, 4.69) is 48.8 Å². The average molecular weight is 542 g/mol. The minimum absolute atomic E-state index is 0. The molecule has 1 atom stereocenters. The summed E-state index contributed by atoms with van der Waals surface area (Å²) in [4.78, 5) is 0. The fourth-order valence-corrected chi connectivity index (χ4v) is 5.56. The Balaban J connectivity index is 0.0000102. The van der Waals surface area contributed by atoms with Gasteiger partial charge in [-0.05, 0) is 60.8 Å². The zero-order valence-corrected chi connectivity index (χ0v) is 25.8. The van der Waals surface area contributed by atoms with Crippen LogP contribution >= 0.6 is 25.8 Å². The van der Waals surface area contributed by atoms with E-state index in [1.165, 1.54) is 135 Å². The molecule has 0 aliphatic heterocycles. The van der Waals surface area contributed by atoms with Gasteiger partial charge in [0.05, 0.1) is 0 Å². The first-order valence-electron chi connectivity index (χ1n) is 14.5. The molecule has 2 heteroatoms. The molecular weight excluding hydrogens is 483 g/mol. The lowest BCUT2D eigenvalue weighted by molar-refractivity contribution is 0.592. The molecule has 1 aromatic rings. The molecule has 0 amide bonds. The first-order chi connectivity index (χ1) is 15.8. The van der Waals surface area contributed by atoms with Crippen LogP contribution in [0.15, 0.2) is 12.1 Å². The first-order valence-corrected chi connectivity index (χ1v) is 15.6. The van der Waals surface area contributed by atoms with Crippen LogP contribution in [0.25, 0.3) is 0 Å². The van der Waals surface area contributed by atoms with Crippen LogP contribution in [0.2, 0.25) is 0 Å². The molecule has 0 radical (unpaired) electrons. The van der Waals surface area contributed by atoms with Gasteiger partial charge in [0, 0.05) is 5.33 Å². The molecular formula is C31H58BrP. The van der Waals surface area contributed by atoms with Crippen LogP contribution in [0.5, 0.6) is 0 Å². The Hall–Kier alpha value is 0.130. The van der Waals surface area contributed by atoms with Gasteiger partial charge >= 0.3 is 0 Å². The van der Waals surface area contributed by atoms with Gasteiger partial charge in [0.2, 0.25) is 0 Å². The molecule has 0 bridgehead atoms. The number of hydrogen-bond donors (Lipinski definition) is 0. The number of benzene rings is 1. The van der Waals surface area contributed by atoms with Gasteiger partial charge in [-0.1, -0.05) is 145 Å². The van der Waals surface area contributed by atoms with Crippen molar-refractivity contribution in [2.45, 2.75) is 161 Å². The van der Waals surface area contributed by atoms with Gasteiger partial charge in [0.25, 0.3) is 0 Å². The predicted molar refractivity (Wildman–Crippen MR) is 161 cm³/mol. The van der Waals surface area contributed by atoms with Gasteiger partial charge in [-0.15, -0.1) is 0 Å². The van der Waals surface area contributed by atoms with Crippen LogP contribution < -0.4 is 0 Å². The van der Waals surface area contributed by atoms with Crippen LogP contribution in [-0.2, 0) is 24.6 Å². The van der Waals surface area contributed by atoms with Gasteiger partial charge in [0.15, 0.2) is 0 Å². The quantitative estimate of drug-likeness (QED) is 0.0778. The Morgan fingerprint density at radius 2 is 0.788 bits per heavy atom. The highest BCUT2D eigenvalue weighted by Gasteiger charge is 2.13. The lowest BCUT2D eigenvalue weighted by Crippen LogP contribution is -2.05. The number of unbranched alkanes of at least 4 members (excludes halogenated alkanes) is 15. The van der Waals surface area contributed by atoms with Gasteiger partial charge < -0.3 is 0 Å². The number of rotatable bonds is 22. The van der Waals surface area contributed by atoms with E-state index in [0.29, 0.717) is 0 Å². The van der Waals surface area contributed by atoms with Crippen molar-refractivity contribution in [3.8, 4) is 0 Å². The zero-order valence-electron chi connectivity index (χ0n) is 22.8. The summed E-state index contributed by atoms with van der Waals surface area (Å²) < 4.78 is 0. The van der Waals surface area contributed by atoms with Crippen molar-refractivity contribution in [3.05, 3.63) is 34.4 Å². The lowest BCUT2D eigenvalue weighted by atomic mass is 9.87. The van der Waals surface area contributed by atoms with Crippen molar-refractivity contribution in [1.29, 1.82) is 0 Å². The summed E-state index contributed by atoms with van der Waals surface area (Å²) in [6.45, 7) is 6.94. The standard InChI is InChI=1S/C31H55Br.H3P/c1-4-7-10-13-16-19-22-28-25-26-29(27-32)31(24-21-18-15-12-9-6-3)30(28)23-20-17-14-11-8-5-2;/h25-26H,4-24,27H2,1-3H3;1H3. The van der Waals surface area contributed by atoms with E-state index in [-0.39, 0.29) is 9.90 Å². The molecule has 0 heterocycles. The van der Waals surface area contributed by atoms with E-state index < -0.39 is 0 Å². The summed E-state index contributed by atoms with van der Waals surface area (Å²) in [6, 6.07) is 4.93. The summed E-state index contributed by atoms with van der Waals surface area (Å²) in [5.41, 5.74) is 6.71. The van der Waals surface area contributed by atoms with Gasteiger partial charge in [-0.25, -0.2) is 0 Å². The fraction of sp³-hybridized carbons (Fsp3) is 0.806. The minimum Gasteiger partial charge on any atom is -0.153 e. The highest BCUT2D eigenvalue weighted by molar-refractivity contribution is 9.08. The third-order valence-corrected chi connectivity index (χ3v) is 7.73. The predicted octanol–water partition coefficient (Wildman–Crippen LogP) is 11.3. The maximum Gasteiger partial charge on any atom is 0.0285 e. The van der Waals surface area contributed by atoms with Crippen LogP contribution in [0.3, 0.4) is 0 Å². The normalized spacial score (nSPS) is 11.0. The van der Waals surface area contributed by atoms with E-state index in [1.54, 1.807) is 22.3 Å². The summed E-state index contributed by atoms with van der Waals surface area (Å²) in [6.07, 6.45) is 29.0. The Kier molecular flexibility index (Phi) is 23.9. The van der Waals surface area contributed by atoms with Crippen molar-refractivity contribution in [2.24, 2.45) is 0 Å². The molecule has 0 aliphatic rings. The topological polar surface area (TPSA) is 0 Å². The van der Waals surface area contributed by atoms with Crippen LogP contribution in [0.1, 0.15) is 159 Å². The fourth-order valence-electron chi connectivity index (χ4n) is 5.03. The van der Waals surface area contributed by atoms with Crippen LogP contribution in [0, 0.1) is 0 Å². The van der Waals surface area contributed by atoms with Crippen molar-refractivity contribution < 1.29 is 0 Å². The molecule has 1 aromatic carbocycles. The molecule has 194 valence electrons. The first kappa shape index (κ1) is 33.1. The number of alkyl halides is 1. The summed E-state index contributed by atoms with van der Waals surface area (Å²) in [5, 5.41) is 1.01. The monoisotopic (exact) mass is 540 g/mol. The third kappa shape index (κ3) is 15.7. The van der Waals surface area contributed by atoms with Crippen LogP contribution in [0.4, 0.5) is 0 Å². The second-order valence-electron chi connectivity index (χ2n) is 10.0. The molecule has 0 aromatic heterocycles. The number of halogens is 1. The van der Waals surface area contributed by atoms with Gasteiger partial charge in [-0.2, -0.15) is 9.90 Å². The molecule has 0 aliphatic carbocycles. The number of aryl methyl sites for hydroxylation is 1. The molecule has 0 saturated carbocycles. The lowest BCUT2D eigenvalue weighted by Gasteiger charge is -2.19.